The van der Waals surface area contributed by atoms with E-state index in [1.54, 1.807) is 23.5 Å². The Kier molecular flexibility index (Phi) is 6.34. The maximum atomic E-state index is 13.2. The normalized spacial score (nSPS) is 20.4. The zero-order chi connectivity index (χ0) is 16.4. The molecule has 2 nitrogen and oxygen atoms in total. The SMILES string of the molecule is Cl.Fc1ccc([C@H]2CCNC[C@@H]2CSc2nc3ccccc3s2)cc1. The summed E-state index contributed by atoms with van der Waals surface area (Å²) in [5.41, 5.74) is 2.34. The van der Waals surface area contributed by atoms with Crippen molar-refractivity contribution in [1.82, 2.24) is 10.3 Å². The zero-order valence-electron chi connectivity index (χ0n) is 13.7. The van der Waals surface area contributed by atoms with Gasteiger partial charge in [0.1, 0.15) is 5.82 Å². The summed E-state index contributed by atoms with van der Waals surface area (Å²) < 4.78 is 15.6. The summed E-state index contributed by atoms with van der Waals surface area (Å²) >= 11 is 3.61. The molecule has 0 radical (unpaired) electrons. The number of para-hydroxylation sites is 1. The highest BCUT2D eigenvalue weighted by atomic mass is 35.5. The van der Waals surface area contributed by atoms with Gasteiger partial charge in [0.2, 0.25) is 0 Å². The number of hydrogen-bond donors (Lipinski definition) is 1. The summed E-state index contributed by atoms with van der Waals surface area (Å²) in [5, 5.41) is 3.50. The molecule has 1 aliphatic rings. The summed E-state index contributed by atoms with van der Waals surface area (Å²) in [5.74, 6) is 1.91. The molecule has 1 saturated heterocycles. The molecular formula is C19H20ClFN2S2. The summed E-state index contributed by atoms with van der Waals surface area (Å²) in [6.07, 6.45) is 1.11. The van der Waals surface area contributed by atoms with Gasteiger partial charge in [-0.3, -0.25) is 0 Å². The predicted octanol–water partition coefficient (Wildman–Crippen LogP) is 5.34. The Labute approximate surface area is 161 Å². The largest absolute Gasteiger partial charge is 0.316 e. The van der Waals surface area contributed by atoms with Crippen molar-refractivity contribution >= 4 is 45.7 Å². The van der Waals surface area contributed by atoms with Crippen molar-refractivity contribution in [2.45, 2.75) is 16.7 Å². The molecule has 1 aliphatic heterocycles. The van der Waals surface area contributed by atoms with E-state index in [4.69, 9.17) is 4.98 Å². The van der Waals surface area contributed by atoms with E-state index in [0.717, 1.165) is 35.1 Å². The molecule has 1 fully saturated rings. The lowest BCUT2D eigenvalue weighted by atomic mass is 9.82. The Morgan fingerprint density at radius 3 is 2.76 bits per heavy atom. The minimum absolute atomic E-state index is 0. The number of halogens is 2. The topological polar surface area (TPSA) is 24.9 Å². The van der Waals surface area contributed by atoms with Gasteiger partial charge in [-0.25, -0.2) is 9.37 Å². The molecule has 2 heterocycles. The number of benzene rings is 2. The Morgan fingerprint density at radius 1 is 1.16 bits per heavy atom. The summed E-state index contributed by atoms with van der Waals surface area (Å²) in [6, 6.07) is 15.3. The van der Waals surface area contributed by atoms with Crippen LogP contribution in [0.1, 0.15) is 17.9 Å². The van der Waals surface area contributed by atoms with Crippen LogP contribution in [0.25, 0.3) is 10.2 Å². The molecule has 0 aliphatic carbocycles. The van der Waals surface area contributed by atoms with Crippen molar-refractivity contribution in [1.29, 1.82) is 0 Å². The minimum Gasteiger partial charge on any atom is -0.316 e. The van der Waals surface area contributed by atoms with Crippen molar-refractivity contribution in [2.75, 3.05) is 18.8 Å². The van der Waals surface area contributed by atoms with E-state index >= 15 is 0 Å². The molecule has 0 spiro atoms. The second-order valence-electron chi connectivity index (χ2n) is 6.17. The fraction of sp³-hybridized carbons (Fsp3) is 0.316. The Bertz CT molecular complexity index is 789. The predicted molar refractivity (Wildman–Crippen MR) is 108 cm³/mol. The van der Waals surface area contributed by atoms with E-state index in [0.29, 0.717) is 11.8 Å². The van der Waals surface area contributed by atoms with Gasteiger partial charge >= 0.3 is 0 Å². The van der Waals surface area contributed by atoms with Gasteiger partial charge in [0.05, 0.1) is 10.2 Å². The second-order valence-corrected chi connectivity index (χ2v) is 8.47. The van der Waals surface area contributed by atoms with Crippen LogP contribution in [-0.2, 0) is 0 Å². The van der Waals surface area contributed by atoms with Gasteiger partial charge in [0.25, 0.3) is 0 Å². The smallest absolute Gasteiger partial charge is 0.151 e. The van der Waals surface area contributed by atoms with E-state index in [2.05, 4.69) is 23.5 Å². The fourth-order valence-corrected chi connectivity index (χ4v) is 5.61. The first-order chi connectivity index (χ1) is 11.8. The highest BCUT2D eigenvalue weighted by Gasteiger charge is 2.26. The number of thioether (sulfide) groups is 1. The van der Waals surface area contributed by atoms with E-state index in [9.17, 15) is 4.39 Å². The average Bonchev–Trinajstić information content (AvgIpc) is 3.04. The molecule has 1 aromatic heterocycles. The average molecular weight is 395 g/mol. The lowest BCUT2D eigenvalue weighted by molar-refractivity contribution is 0.354. The van der Waals surface area contributed by atoms with Crippen LogP contribution in [0.2, 0.25) is 0 Å². The quantitative estimate of drug-likeness (QED) is 0.604. The molecule has 2 atom stereocenters. The van der Waals surface area contributed by atoms with Crippen molar-refractivity contribution < 1.29 is 4.39 Å². The molecule has 25 heavy (non-hydrogen) atoms. The number of thiazole rings is 1. The number of rotatable bonds is 4. The van der Waals surface area contributed by atoms with Crippen LogP contribution in [0.15, 0.2) is 52.9 Å². The number of aromatic nitrogens is 1. The van der Waals surface area contributed by atoms with Gasteiger partial charge in [-0.2, -0.15) is 0 Å². The van der Waals surface area contributed by atoms with E-state index in [1.807, 2.05) is 30.0 Å². The van der Waals surface area contributed by atoms with E-state index in [1.165, 1.54) is 10.3 Å². The number of hydrogen-bond acceptors (Lipinski definition) is 4. The van der Waals surface area contributed by atoms with Gasteiger partial charge in [0, 0.05) is 5.75 Å². The van der Waals surface area contributed by atoms with Gasteiger partial charge < -0.3 is 5.32 Å². The van der Waals surface area contributed by atoms with Crippen molar-refractivity contribution in [3.8, 4) is 0 Å². The third kappa shape index (κ3) is 4.34. The maximum Gasteiger partial charge on any atom is 0.151 e. The van der Waals surface area contributed by atoms with Crippen LogP contribution in [0.4, 0.5) is 4.39 Å². The van der Waals surface area contributed by atoms with Crippen LogP contribution < -0.4 is 5.32 Å². The van der Waals surface area contributed by atoms with Gasteiger partial charge in [-0.05, 0) is 61.2 Å². The van der Waals surface area contributed by atoms with Crippen molar-refractivity contribution in [3.05, 3.63) is 59.9 Å². The lowest BCUT2D eigenvalue weighted by Crippen LogP contribution is -2.36. The Balaban J connectivity index is 0.00000182. The summed E-state index contributed by atoms with van der Waals surface area (Å²) in [6.45, 7) is 2.05. The number of fused-ring (bicyclic) bond motifs is 1. The van der Waals surface area contributed by atoms with Crippen LogP contribution >= 0.6 is 35.5 Å². The van der Waals surface area contributed by atoms with E-state index < -0.39 is 0 Å². The van der Waals surface area contributed by atoms with Crippen molar-refractivity contribution in [2.24, 2.45) is 5.92 Å². The molecule has 2 aromatic carbocycles. The van der Waals surface area contributed by atoms with Gasteiger partial charge in [0.15, 0.2) is 4.34 Å². The molecule has 0 amide bonds. The van der Waals surface area contributed by atoms with Crippen LogP contribution in [0.5, 0.6) is 0 Å². The van der Waals surface area contributed by atoms with Crippen LogP contribution in [-0.4, -0.2) is 23.8 Å². The second kappa shape index (κ2) is 8.49. The molecule has 0 unspecified atom stereocenters. The maximum absolute atomic E-state index is 13.2. The standard InChI is InChI=1S/C19H19FN2S2.ClH/c20-15-7-5-13(6-8-15)16-9-10-21-11-14(16)12-23-19-22-17-3-1-2-4-18(17)24-19;/h1-8,14,16,21H,9-12H2;1H/t14-,16-;/m1./s1. The number of nitrogens with one attached hydrogen (secondary N) is 1. The number of nitrogens with zero attached hydrogens (tertiary/aromatic N) is 1. The first-order valence-corrected chi connectivity index (χ1v) is 10.0. The molecule has 0 saturated carbocycles. The van der Waals surface area contributed by atoms with Gasteiger partial charge in [-0.1, -0.05) is 36.0 Å². The fourth-order valence-electron chi connectivity index (χ4n) is 3.34. The lowest BCUT2D eigenvalue weighted by Gasteiger charge is -2.32. The molecule has 3 aromatic rings. The zero-order valence-corrected chi connectivity index (χ0v) is 16.1. The van der Waals surface area contributed by atoms with Crippen LogP contribution in [0, 0.1) is 11.7 Å². The van der Waals surface area contributed by atoms with Gasteiger partial charge in [-0.15, -0.1) is 23.7 Å². The first-order valence-electron chi connectivity index (χ1n) is 8.24. The third-order valence-electron chi connectivity index (χ3n) is 4.60. The highest BCUT2D eigenvalue weighted by Crippen LogP contribution is 2.36. The molecule has 6 heteroatoms. The Hall–Kier alpha value is -1.14. The monoisotopic (exact) mass is 394 g/mol. The number of piperidine rings is 1. The van der Waals surface area contributed by atoms with Crippen molar-refractivity contribution in [3.63, 3.8) is 0 Å². The first kappa shape index (κ1) is 18.6. The minimum atomic E-state index is -0.159. The summed E-state index contributed by atoms with van der Waals surface area (Å²) in [4.78, 5) is 4.72. The van der Waals surface area contributed by atoms with Crippen LogP contribution in [0.3, 0.4) is 0 Å². The molecular weight excluding hydrogens is 375 g/mol. The Morgan fingerprint density at radius 2 is 1.96 bits per heavy atom. The molecule has 132 valence electrons. The molecule has 1 N–H and O–H groups in total. The molecule has 4 rings (SSSR count). The summed E-state index contributed by atoms with van der Waals surface area (Å²) in [7, 11) is 0. The third-order valence-corrected chi connectivity index (χ3v) is 6.97. The molecule has 0 bridgehead atoms. The highest BCUT2D eigenvalue weighted by molar-refractivity contribution is 8.01. The van der Waals surface area contributed by atoms with E-state index in [-0.39, 0.29) is 18.2 Å².